The van der Waals surface area contributed by atoms with Crippen LogP contribution in [0.2, 0.25) is 5.02 Å². The molecule has 3 heterocycles. The summed E-state index contributed by atoms with van der Waals surface area (Å²) < 4.78 is 30.6. The molecule has 1 aliphatic heterocycles. The molecule has 1 saturated heterocycles. The number of nitrogens with zero attached hydrogens (tertiary/aromatic N) is 5. The van der Waals surface area contributed by atoms with Gasteiger partial charge in [-0.25, -0.2) is 18.4 Å². The highest BCUT2D eigenvalue weighted by atomic mass is 35.5. The van der Waals surface area contributed by atoms with Crippen molar-refractivity contribution in [2.24, 2.45) is 0 Å². The number of hydrogen-bond donors (Lipinski definition) is 1. The fourth-order valence-electron chi connectivity index (χ4n) is 8.34. The van der Waals surface area contributed by atoms with Crippen molar-refractivity contribution in [2.75, 3.05) is 31.5 Å². The van der Waals surface area contributed by atoms with E-state index in [0.717, 1.165) is 85.0 Å². The number of halogens is 1. The molecule has 2 aromatic heterocycles. The molecule has 2 saturated carbocycles. The van der Waals surface area contributed by atoms with E-state index in [4.69, 9.17) is 16.6 Å². The highest BCUT2D eigenvalue weighted by molar-refractivity contribution is 7.89. The lowest BCUT2D eigenvalue weighted by atomic mass is 9.77. The zero-order valence-electron chi connectivity index (χ0n) is 26.6. The molecule has 242 valence electrons. The molecule has 5 aromatic rings. The summed E-state index contributed by atoms with van der Waals surface area (Å²) >= 11 is 6.80. The van der Waals surface area contributed by atoms with Gasteiger partial charge in [-0.05, 0) is 75.8 Å². The number of piperazine rings is 1. The molecule has 1 N–H and O–H groups in total. The van der Waals surface area contributed by atoms with E-state index in [1.54, 1.807) is 22.6 Å². The Morgan fingerprint density at radius 1 is 0.851 bits per heavy atom. The predicted molar refractivity (Wildman–Crippen MR) is 188 cm³/mol. The molecule has 8 rings (SSSR count). The largest absolute Gasteiger partial charge is 0.349 e. The van der Waals surface area contributed by atoms with E-state index in [9.17, 15) is 8.42 Å². The minimum absolute atomic E-state index is 0.0589. The maximum absolute atomic E-state index is 13.4. The van der Waals surface area contributed by atoms with Gasteiger partial charge in [-0.3, -0.25) is 4.90 Å². The Morgan fingerprint density at radius 3 is 2.38 bits per heavy atom. The zero-order chi connectivity index (χ0) is 32.2. The molecule has 3 aliphatic rings. The number of sulfonamides is 1. The zero-order valence-corrected chi connectivity index (χ0v) is 28.1. The molecule has 8 nitrogen and oxygen atoms in total. The number of aryl methyl sites for hydroxylation is 1. The summed E-state index contributed by atoms with van der Waals surface area (Å²) in [6.45, 7) is 4.48. The van der Waals surface area contributed by atoms with Crippen molar-refractivity contribution in [3.63, 3.8) is 0 Å². The molecule has 10 heteroatoms. The third-order valence-corrected chi connectivity index (χ3v) is 12.9. The number of hydrogen-bond acceptors (Lipinski definition) is 6. The van der Waals surface area contributed by atoms with Crippen LogP contribution in [0, 0.1) is 6.92 Å². The minimum atomic E-state index is -3.50. The SMILES string of the molecule is Cc1ccc(S(=O)(=O)N2CCN(C34CCCC(Nc5ncc(Cl)c(-c6cn(-c7ccccc7)c7ccccc67)n5)(CC3)C4)CC2)cc1. The van der Waals surface area contributed by atoms with Gasteiger partial charge < -0.3 is 9.88 Å². The van der Waals surface area contributed by atoms with Crippen LogP contribution in [0.1, 0.15) is 44.1 Å². The first kappa shape index (κ1) is 30.6. The molecule has 2 unspecified atom stereocenters. The number of para-hydroxylation sites is 2. The Balaban J connectivity index is 1.02. The quantitative estimate of drug-likeness (QED) is 0.196. The average Bonchev–Trinajstić information content (AvgIpc) is 3.61. The molecule has 3 fully saturated rings. The van der Waals surface area contributed by atoms with Crippen molar-refractivity contribution in [3.8, 4) is 16.9 Å². The summed E-state index contributed by atoms with van der Waals surface area (Å²) in [4.78, 5) is 12.7. The van der Waals surface area contributed by atoms with E-state index in [2.05, 4.69) is 56.3 Å². The van der Waals surface area contributed by atoms with Gasteiger partial charge in [0.2, 0.25) is 16.0 Å². The second-order valence-corrected chi connectivity index (χ2v) is 15.9. The van der Waals surface area contributed by atoms with E-state index >= 15 is 0 Å². The van der Waals surface area contributed by atoms with Gasteiger partial charge in [0.15, 0.2) is 0 Å². The summed E-state index contributed by atoms with van der Waals surface area (Å²) in [6.07, 6.45) is 10.3. The second kappa shape index (κ2) is 11.7. The minimum Gasteiger partial charge on any atom is -0.349 e. The van der Waals surface area contributed by atoms with Crippen LogP contribution >= 0.6 is 11.6 Å². The Bertz CT molecular complexity index is 2040. The standard InChI is InChI=1S/C37H39ClN6O2S/c1-27-12-14-29(15-13-27)47(45,46)43-22-20-42(21-23-43)37-17-7-16-36(26-37,18-19-37)41-35-39-24-32(38)34(40-35)31-25-44(28-8-3-2-4-9-28)33-11-6-5-10-30(31)33/h2-6,8-15,24-25H,7,16-23,26H2,1H3,(H,39,40,41). The van der Waals surface area contributed by atoms with Crippen molar-refractivity contribution in [2.45, 2.75) is 61.4 Å². The van der Waals surface area contributed by atoms with E-state index in [0.29, 0.717) is 29.0 Å². The van der Waals surface area contributed by atoms with Crippen molar-refractivity contribution >= 4 is 38.5 Å². The first-order valence-electron chi connectivity index (χ1n) is 16.5. The van der Waals surface area contributed by atoms with Gasteiger partial charge in [-0.2, -0.15) is 4.31 Å². The fourth-order valence-corrected chi connectivity index (χ4v) is 9.96. The lowest BCUT2D eigenvalue weighted by Crippen LogP contribution is -2.59. The molecule has 47 heavy (non-hydrogen) atoms. The molecule has 2 atom stereocenters. The molecule has 0 spiro atoms. The Hall–Kier alpha value is -3.76. The van der Waals surface area contributed by atoms with Crippen LogP contribution in [0.4, 0.5) is 5.95 Å². The van der Waals surface area contributed by atoms with E-state index in [1.165, 1.54) is 0 Å². The summed E-state index contributed by atoms with van der Waals surface area (Å²) in [5.41, 5.74) is 4.87. The van der Waals surface area contributed by atoms with Crippen LogP contribution in [-0.4, -0.2) is 69.4 Å². The second-order valence-electron chi connectivity index (χ2n) is 13.5. The van der Waals surface area contributed by atoms with Crippen LogP contribution in [0.5, 0.6) is 0 Å². The molecule has 2 aliphatic carbocycles. The number of nitrogens with one attached hydrogen (secondary N) is 1. The van der Waals surface area contributed by atoms with Gasteiger partial charge >= 0.3 is 0 Å². The molecule has 0 amide bonds. The van der Waals surface area contributed by atoms with Crippen LogP contribution < -0.4 is 5.32 Å². The van der Waals surface area contributed by atoms with Gasteiger partial charge in [0, 0.05) is 60.1 Å². The molecular formula is C37H39ClN6O2S. The van der Waals surface area contributed by atoms with Crippen molar-refractivity contribution in [3.05, 3.63) is 102 Å². The predicted octanol–water partition coefficient (Wildman–Crippen LogP) is 7.31. The van der Waals surface area contributed by atoms with E-state index in [-0.39, 0.29) is 11.1 Å². The smallest absolute Gasteiger partial charge is 0.243 e. The van der Waals surface area contributed by atoms with E-state index in [1.807, 2.05) is 43.3 Å². The molecule has 0 radical (unpaired) electrons. The maximum Gasteiger partial charge on any atom is 0.243 e. The molecular weight excluding hydrogens is 628 g/mol. The van der Waals surface area contributed by atoms with Crippen molar-refractivity contribution in [1.29, 1.82) is 0 Å². The van der Waals surface area contributed by atoms with Gasteiger partial charge in [0.25, 0.3) is 0 Å². The first-order chi connectivity index (χ1) is 22.8. The van der Waals surface area contributed by atoms with Gasteiger partial charge in [0.1, 0.15) is 0 Å². The van der Waals surface area contributed by atoms with Gasteiger partial charge in [-0.15, -0.1) is 0 Å². The normalized spacial score (nSPS) is 23.7. The van der Waals surface area contributed by atoms with Crippen LogP contribution in [0.3, 0.4) is 0 Å². The highest BCUT2D eigenvalue weighted by Gasteiger charge is 2.54. The van der Waals surface area contributed by atoms with Crippen molar-refractivity contribution < 1.29 is 8.42 Å². The summed E-state index contributed by atoms with van der Waals surface area (Å²) in [7, 11) is -3.50. The summed E-state index contributed by atoms with van der Waals surface area (Å²) in [6, 6.07) is 25.8. The van der Waals surface area contributed by atoms with Crippen LogP contribution in [-0.2, 0) is 10.0 Å². The maximum atomic E-state index is 13.4. The molecule has 2 bridgehead atoms. The Morgan fingerprint density at radius 2 is 1.60 bits per heavy atom. The molecule has 3 aromatic carbocycles. The number of anilines is 1. The van der Waals surface area contributed by atoms with Gasteiger partial charge in [0.05, 0.1) is 27.3 Å². The third-order valence-electron chi connectivity index (χ3n) is 10.7. The van der Waals surface area contributed by atoms with Crippen LogP contribution in [0.15, 0.2) is 96.2 Å². The first-order valence-corrected chi connectivity index (χ1v) is 18.4. The third kappa shape index (κ3) is 5.43. The lowest BCUT2D eigenvalue weighted by Gasteiger charge is -2.49. The topological polar surface area (TPSA) is 83.4 Å². The number of benzene rings is 3. The summed E-state index contributed by atoms with van der Waals surface area (Å²) in [5, 5.41) is 5.42. The van der Waals surface area contributed by atoms with E-state index < -0.39 is 10.0 Å². The Kier molecular flexibility index (Phi) is 7.63. The summed E-state index contributed by atoms with van der Waals surface area (Å²) in [5.74, 6) is 0.604. The Labute approximate surface area is 281 Å². The van der Waals surface area contributed by atoms with Gasteiger partial charge in [-0.1, -0.05) is 65.7 Å². The fraction of sp³-hybridized carbons (Fsp3) is 0.351. The number of aromatic nitrogens is 3. The number of rotatable bonds is 7. The number of fused-ring (bicyclic) bond motifs is 3. The van der Waals surface area contributed by atoms with Crippen molar-refractivity contribution in [1.82, 2.24) is 23.7 Å². The average molecular weight is 667 g/mol. The van der Waals surface area contributed by atoms with Crippen LogP contribution in [0.25, 0.3) is 27.8 Å². The monoisotopic (exact) mass is 666 g/mol. The lowest BCUT2D eigenvalue weighted by molar-refractivity contribution is 0.0341. The highest BCUT2D eigenvalue weighted by Crippen LogP contribution is 2.52.